The van der Waals surface area contributed by atoms with Gasteiger partial charge in [0.05, 0.1) is 24.8 Å². The van der Waals surface area contributed by atoms with E-state index in [9.17, 15) is 9.59 Å². The lowest BCUT2D eigenvalue weighted by Crippen LogP contribution is -2.65. The van der Waals surface area contributed by atoms with E-state index in [0.717, 1.165) is 12.8 Å². The molecule has 41 heavy (non-hydrogen) atoms. The van der Waals surface area contributed by atoms with Gasteiger partial charge in [0.25, 0.3) is 0 Å². The highest BCUT2D eigenvalue weighted by Gasteiger charge is 2.68. The van der Waals surface area contributed by atoms with Crippen molar-refractivity contribution in [3.8, 4) is 5.75 Å². The number of hydrogen-bond donors (Lipinski definition) is 2. The second-order valence-corrected chi connectivity index (χ2v) is 13.4. The van der Waals surface area contributed by atoms with Crippen molar-refractivity contribution >= 4 is 19.0 Å². The third kappa shape index (κ3) is 5.49. The van der Waals surface area contributed by atoms with E-state index in [4.69, 9.17) is 24.5 Å². The van der Waals surface area contributed by atoms with Gasteiger partial charge in [0.1, 0.15) is 23.0 Å². The lowest BCUT2D eigenvalue weighted by atomic mass is 9.43. The molecule has 2 bridgehead atoms. The van der Waals surface area contributed by atoms with E-state index >= 15 is 0 Å². The molecule has 1 aromatic carbocycles. The number of nitrogens with one attached hydrogen (secondary N) is 1. The molecule has 4 aliphatic rings. The van der Waals surface area contributed by atoms with Gasteiger partial charge in [0.2, 0.25) is 5.91 Å². The maximum absolute atomic E-state index is 13.5. The Morgan fingerprint density at radius 1 is 1.20 bits per heavy atom. The first-order valence-corrected chi connectivity index (χ1v) is 14.4. The number of pyridine rings is 1. The van der Waals surface area contributed by atoms with Crippen molar-refractivity contribution in [2.45, 2.75) is 90.1 Å². The van der Waals surface area contributed by atoms with E-state index in [1.807, 2.05) is 26.8 Å². The van der Waals surface area contributed by atoms with Crippen LogP contribution in [-0.4, -0.2) is 54.3 Å². The molecule has 2 heterocycles. The van der Waals surface area contributed by atoms with Gasteiger partial charge < -0.3 is 29.8 Å². The van der Waals surface area contributed by atoms with Crippen molar-refractivity contribution in [1.29, 1.82) is 0 Å². The number of aromatic nitrogens is 1. The molecule has 0 radical (unpaired) electrons. The zero-order chi connectivity index (χ0) is 29.7. The van der Waals surface area contributed by atoms with E-state index in [-0.39, 0.29) is 23.8 Å². The standard InChI is InChI=1S/C31H42BN3O6/c1-29(2,3)39-28(37)21-12-8-10-18(26(21)38-7)14-24(35-27(36)25(33)19-11-9-13-34-17-19)32-40-23-16-20-15-22(30(20,4)5)31(23,6)41-32/h8-13,17,20,22-25H,14-16,33H2,1-7H3,(H,35,36)/t20-,22-,23+,24-,25?,31-/m0/s1. The normalized spacial score (nSPS) is 27.7. The highest BCUT2D eigenvalue weighted by Crippen LogP contribution is 2.65. The molecule has 1 saturated heterocycles. The quantitative estimate of drug-likeness (QED) is 0.365. The number of carbonyl (C=O) groups is 2. The van der Waals surface area contributed by atoms with Crippen molar-refractivity contribution in [1.82, 2.24) is 10.3 Å². The molecule has 1 aromatic heterocycles. The van der Waals surface area contributed by atoms with Gasteiger partial charge in [0, 0.05) is 12.4 Å². The summed E-state index contributed by atoms with van der Waals surface area (Å²) in [5.74, 6) is -0.113. The Balaban J connectivity index is 1.44. The molecule has 6 atom stereocenters. The number of para-hydroxylation sites is 1. The molecule has 3 N–H and O–H groups in total. The summed E-state index contributed by atoms with van der Waals surface area (Å²) in [4.78, 5) is 30.6. The highest BCUT2D eigenvalue weighted by atomic mass is 16.7. The molecule has 4 fully saturated rings. The highest BCUT2D eigenvalue weighted by molar-refractivity contribution is 6.48. The van der Waals surface area contributed by atoms with E-state index in [0.29, 0.717) is 34.3 Å². The number of esters is 1. The Morgan fingerprint density at radius 3 is 2.59 bits per heavy atom. The van der Waals surface area contributed by atoms with E-state index < -0.39 is 36.3 Å². The summed E-state index contributed by atoms with van der Waals surface area (Å²) in [7, 11) is 0.812. The summed E-state index contributed by atoms with van der Waals surface area (Å²) >= 11 is 0. The van der Waals surface area contributed by atoms with E-state index in [1.165, 1.54) is 7.11 Å². The zero-order valence-corrected chi connectivity index (χ0v) is 25.1. The van der Waals surface area contributed by atoms with Crippen molar-refractivity contribution in [3.05, 3.63) is 59.4 Å². The number of methoxy groups -OCH3 is 1. The number of hydrogen-bond acceptors (Lipinski definition) is 8. The molecule has 1 amide bonds. The number of amides is 1. The second-order valence-electron chi connectivity index (χ2n) is 13.4. The molecule has 220 valence electrons. The molecular formula is C31H42BN3O6. The molecule has 6 rings (SSSR count). The maximum Gasteiger partial charge on any atom is 0.482 e. The van der Waals surface area contributed by atoms with Crippen LogP contribution in [0.2, 0.25) is 0 Å². The SMILES string of the molecule is COc1c(C[C@H](NC(=O)C(N)c2cccnc2)B2O[C@@H]3C[C@@H]4C[C@@H](C4(C)C)[C@]3(C)O2)cccc1C(=O)OC(C)(C)C. The number of nitrogens with zero attached hydrogens (tertiary/aromatic N) is 1. The predicted molar refractivity (Wildman–Crippen MR) is 155 cm³/mol. The lowest BCUT2D eigenvalue weighted by molar-refractivity contribution is -0.199. The fourth-order valence-corrected chi connectivity index (χ4v) is 6.99. The minimum absolute atomic E-state index is 0.0642. The van der Waals surface area contributed by atoms with E-state index in [2.05, 4.69) is 31.1 Å². The zero-order valence-electron chi connectivity index (χ0n) is 25.1. The van der Waals surface area contributed by atoms with Crippen molar-refractivity contribution in [2.24, 2.45) is 23.0 Å². The van der Waals surface area contributed by atoms with Crippen LogP contribution in [-0.2, 0) is 25.3 Å². The first-order valence-electron chi connectivity index (χ1n) is 14.4. The van der Waals surface area contributed by atoms with E-state index in [1.54, 1.807) is 36.7 Å². The predicted octanol–water partition coefficient (Wildman–Crippen LogP) is 4.04. The molecule has 3 aliphatic carbocycles. The molecule has 1 unspecified atom stereocenters. The summed E-state index contributed by atoms with van der Waals surface area (Å²) in [6.45, 7) is 12.2. The van der Waals surface area contributed by atoms with Crippen molar-refractivity contribution in [2.75, 3.05) is 7.11 Å². The molecule has 0 spiro atoms. The van der Waals surface area contributed by atoms with Gasteiger partial charge in [-0.25, -0.2) is 4.79 Å². The summed E-state index contributed by atoms with van der Waals surface area (Å²) in [5.41, 5.74) is 7.03. The summed E-state index contributed by atoms with van der Waals surface area (Å²) in [6.07, 6.45) is 5.48. The number of ether oxygens (including phenoxy) is 2. The molecule has 9 nitrogen and oxygen atoms in total. The fraction of sp³-hybridized carbons (Fsp3) is 0.581. The number of nitrogens with two attached hydrogens (primary N) is 1. The van der Waals surface area contributed by atoms with Gasteiger partial charge in [-0.1, -0.05) is 32.0 Å². The summed E-state index contributed by atoms with van der Waals surface area (Å²) in [6, 6.07) is 7.92. The van der Waals surface area contributed by atoms with Gasteiger partial charge in [-0.05, 0) is 87.5 Å². The second kappa shape index (κ2) is 10.7. The molecule has 10 heteroatoms. The van der Waals surface area contributed by atoms with Gasteiger partial charge in [-0.15, -0.1) is 0 Å². The third-order valence-corrected chi connectivity index (χ3v) is 9.31. The van der Waals surface area contributed by atoms with Crippen LogP contribution in [0.15, 0.2) is 42.7 Å². The molecule has 3 saturated carbocycles. The maximum atomic E-state index is 13.5. The minimum atomic E-state index is -0.924. The monoisotopic (exact) mass is 563 g/mol. The van der Waals surface area contributed by atoms with Crippen LogP contribution in [0.3, 0.4) is 0 Å². The lowest BCUT2D eigenvalue weighted by Gasteiger charge is -2.64. The summed E-state index contributed by atoms with van der Waals surface area (Å²) < 4.78 is 24.7. The van der Waals surface area contributed by atoms with Crippen molar-refractivity contribution in [3.63, 3.8) is 0 Å². The van der Waals surface area contributed by atoms with Crippen LogP contribution in [0.1, 0.15) is 81.9 Å². The van der Waals surface area contributed by atoms with Crippen LogP contribution in [0.4, 0.5) is 0 Å². The summed E-state index contributed by atoms with van der Waals surface area (Å²) in [5, 5.41) is 3.11. The minimum Gasteiger partial charge on any atom is -0.496 e. The first-order chi connectivity index (χ1) is 19.2. The topological polar surface area (TPSA) is 122 Å². The number of rotatable bonds is 8. The van der Waals surface area contributed by atoms with Crippen molar-refractivity contribution < 1.29 is 28.4 Å². The first kappa shape index (κ1) is 29.5. The number of benzene rings is 1. The largest absolute Gasteiger partial charge is 0.496 e. The Morgan fingerprint density at radius 2 is 1.95 bits per heavy atom. The average Bonchev–Trinajstić information content (AvgIpc) is 3.28. The Labute approximate surface area is 243 Å². The van der Waals surface area contributed by atoms with Crippen LogP contribution < -0.4 is 15.8 Å². The van der Waals surface area contributed by atoms with Gasteiger partial charge in [0.15, 0.2) is 0 Å². The molecular weight excluding hydrogens is 521 g/mol. The van der Waals surface area contributed by atoms with Crippen LogP contribution >= 0.6 is 0 Å². The Kier molecular flexibility index (Phi) is 7.72. The smallest absolute Gasteiger partial charge is 0.482 e. The van der Waals surface area contributed by atoms with Gasteiger partial charge >= 0.3 is 13.1 Å². The van der Waals surface area contributed by atoms with Gasteiger partial charge in [-0.2, -0.15) is 0 Å². The van der Waals surface area contributed by atoms with Crippen LogP contribution in [0, 0.1) is 17.3 Å². The third-order valence-electron chi connectivity index (χ3n) is 9.31. The number of carbonyl (C=O) groups excluding carboxylic acids is 2. The van der Waals surface area contributed by atoms with Gasteiger partial charge in [-0.3, -0.25) is 9.78 Å². The Bertz CT molecular complexity index is 1300. The van der Waals surface area contributed by atoms with Crippen LogP contribution in [0.5, 0.6) is 5.75 Å². The Hall–Kier alpha value is -2.95. The fourth-order valence-electron chi connectivity index (χ4n) is 6.99. The molecule has 1 aliphatic heterocycles. The van der Waals surface area contributed by atoms with Crippen LogP contribution in [0.25, 0.3) is 0 Å². The average molecular weight is 564 g/mol. The molecule has 2 aromatic rings.